The summed E-state index contributed by atoms with van der Waals surface area (Å²) in [5.74, 6) is -1.70. The van der Waals surface area contributed by atoms with Gasteiger partial charge in [0.2, 0.25) is 10.0 Å². The molecule has 2 atom stereocenters. The van der Waals surface area contributed by atoms with Crippen LogP contribution in [0.4, 0.5) is 8.78 Å². The zero-order valence-corrected chi connectivity index (χ0v) is 13.5. The molecule has 0 spiro atoms. The lowest BCUT2D eigenvalue weighted by Gasteiger charge is -2.20. The van der Waals surface area contributed by atoms with E-state index < -0.39 is 26.6 Å². The number of rotatable bonds is 7. The highest BCUT2D eigenvalue weighted by Crippen LogP contribution is 2.22. The number of hydrogen-bond acceptors (Lipinski definition) is 3. The number of benzene rings is 1. The van der Waals surface area contributed by atoms with E-state index in [0.717, 1.165) is 18.6 Å². The molecule has 0 amide bonds. The predicted molar refractivity (Wildman–Crippen MR) is 78.4 cm³/mol. The van der Waals surface area contributed by atoms with Gasteiger partial charge in [0.05, 0.1) is 0 Å². The Morgan fingerprint density at radius 1 is 1.24 bits per heavy atom. The minimum absolute atomic E-state index is 0.0814. The molecule has 120 valence electrons. The van der Waals surface area contributed by atoms with Crippen LogP contribution in [0.3, 0.4) is 0 Å². The lowest BCUT2D eigenvalue weighted by molar-refractivity contribution is 0.432. The lowest BCUT2D eigenvalue weighted by Crippen LogP contribution is -2.37. The first-order valence-electron chi connectivity index (χ1n) is 6.88. The molecule has 1 rings (SSSR count). The highest BCUT2D eigenvalue weighted by molar-refractivity contribution is 7.89. The fourth-order valence-electron chi connectivity index (χ4n) is 1.90. The molecule has 0 aliphatic heterocycles. The largest absolute Gasteiger partial charge is 0.315 e. The molecule has 21 heavy (non-hydrogen) atoms. The maximum atomic E-state index is 14.3. The summed E-state index contributed by atoms with van der Waals surface area (Å²) in [6.07, 6.45) is 0.792. The van der Waals surface area contributed by atoms with E-state index in [1.807, 2.05) is 13.8 Å². The molecular formula is C14H22F2N2O2S. The van der Waals surface area contributed by atoms with Crippen molar-refractivity contribution in [1.29, 1.82) is 0 Å². The van der Waals surface area contributed by atoms with Crippen LogP contribution in [0, 0.1) is 17.6 Å². The monoisotopic (exact) mass is 320 g/mol. The van der Waals surface area contributed by atoms with E-state index in [9.17, 15) is 17.2 Å². The SMILES string of the molecule is CCC(C)C(C)NS(=O)(=O)c1ccc(F)c(CNC)c1F. The minimum atomic E-state index is -4.02. The van der Waals surface area contributed by atoms with Crippen LogP contribution in [0.15, 0.2) is 17.0 Å². The third-order valence-corrected chi connectivity index (χ3v) is 5.21. The van der Waals surface area contributed by atoms with E-state index in [-0.39, 0.29) is 24.1 Å². The van der Waals surface area contributed by atoms with Gasteiger partial charge in [0.15, 0.2) is 5.82 Å². The van der Waals surface area contributed by atoms with Gasteiger partial charge in [-0.2, -0.15) is 0 Å². The summed E-state index contributed by atoms with van der Waals surface area (Å²) in [6, 6.07) is 1.59. The minimum Gasteiger partial charge on any atom is -0.315 e. The van der Waals surface area contributed by atoms with Crippen molar-refractivity contribution in [2.24, 2.45) is 5.92 Å². The van der Waals surface area contributed by atoms with E-state index in [2.05, 4.69) is 10.0 Å². The van der Waals surface area contributed by atoms with Crippen molar-refractivity contribution in [1.82, 2.24) is 10.0 Å². The molecule has 0 aliphatic carbocycles. The molecule has 2 N–H and O–H groups in total. The number of halogens is 2. The molecule has 0 fully saturated rings. The Morgan fingerprint density at radius 2 is 1.86 bits per heavy atom. The summed E-state index contributed by atoms with van der Waals surface area (Å²) >= 11 is 0. The topological polar surface area (TPSA) is 58.2 Å². The molecule has 0 heterocycles. The normalized spacial score (nSPS) is 15.0. The Hall–Kier alpha value is -1.05. The van der Waals surface area contributed by atoms with E-state index in [4.69, 9.17) is 0 Å². The molecule has 0 saturated heterocycles. The van der Waals surface area contributed by atoms with Gasteiger partial charge >= 0.3 is 0 Å². The van der Waals surface area contributed by atoms with Gasteiger partial charge in [0, 0.05) is 18.2 Å². The summed E-state index contributed by atoms with van der Waals surface area (Å²) in [7, 11) is -2.49. The smallest absolute Gasteiger partial charge is 0.243 e. The van der Waals surface area contributed by atoms with Crippen LogP contribution < -0.4 is 10.0 Å². The number of sulfonamides is 1. The van der Waals surface area contributed by atoms with Crippen molar-refractivity contribution in [3.05, 3.63) is 29.3 Å². The fraction of sp³-hybridized carbons (Fsp3) is 0.571. The Labute approximate surface area is 125 Å². The quantitative estimate of drug-likeness (QED) is 0.811. The zero-order valence-electron chi connectivity index (χ0n) is 12.7. The van der Waals surface area contributed by atoms with Crippen molar-refractivity contribution in [3.8, 4) is 0 Å². The second kappa shape index (κ2) is 7.29. The molecule has 1 aromatic rings. The summed E-state index contributed by atoms with van der Waals surface area (Å²) in [5.41, 5.74) is -0.281. The molecule has 0 aliphatic rings. The highest BCUT2D eigenvalue weighted by atomic mass is 32.2. The van der Waals surface area contributed by atoms with Crippen molar-refractivity contribution in [2.45, 2.75) is 44.7 Å². The van der Waals surface area contributed by atoms with Gasteiger partial charge in [0.1, 0.15) is 10.7 Å². The van der Waals surface area contributed by atoms with Crippen molar-refractivity contribution in [3.63, 3.8) is 0 Å². The highest BCUT2D eigenvalue weighted by Gasteiger charge is 2.26. The van der Waals surface area contributed by atoms with Crippen molar-refractivity contribution in [2.75, 3.05) is 7.05 Å². The van der Waals surface area contributed by atoms with E-state index in [1.54, 1.807) is 6.92 Å². The standard InChI is InChI=1S/C14H22F2N2O2S/c1-5-9(2)10(3)18-21(19,20)13-7-6-12(15)11(8-17-4)14(13)16/h6-7,9-10,17-18H,5,8H2,1-4H3. The van der Waals surface area contributed by atoms with Gasteiger partial charge in [0.25, 0.3) is 0 Å². The van der Waals surface area contributed by atoms with Crippen molar-refractivity contribution < 1.29 is 17.2 Å². The predicted octanol–water partition coefficient (Wildman–Crippen LogP) is 2.40. The Morgan fingerprint density at radius 3 is 2.38 bits per heavy atom. The third-order valence-electron chi connectivity index (χ3n) is 3.63. The number of hydrogen-bond donors (Lipinski definition) is 2. The first-order valence-corrected chi connectivity index (χ1v) is 8.36. The summed E-state index contributed by atoms with van der Waals surface area (Å²) in [4.78, 5) is -0.524. The Balaban J connectivity index is 3.17. The zero-order chi connectivity index (χ0) is 16.2. The van der Waals surface area contributed by atoms with Crippen LogP contribution in [0.5, 0.6) is 0 Å². The first kappa shape index (κ1) is 18.0. The summed E-state index contributed by atoms with van der Waals surface area (Å²) in [5, 5.41) is 2.62. The Kier molecular flexibility index (Phi) is 6.24. The van der Waals surface area contributed by atoms with Crippen LogP contribution in [0.25, 0.3) is 0 Å². The fourth-order valence-corrected chi connectivity index (χ4v) is 3.36. The van der Waals surface area contributed by atoms with Crippen molar-refractivity contribution >= 4 is 10.0 Å². The van der Waals surface area contributed by atoms with Crippen LogP contribution >= 0.6 is 0 Å². The van der Waals surface area contributed by atoms with Crippen LogP contribution in [0.1, 0.15) is 32.8 Å². The average molecular weight is 320 g/mol. The van der Waals surface area contributed by atoms with Gasteiger partial charge in [-0.1, -0.05) is 20.3 Å². The second-order valence-corrected chi connectivity index (χ2v) is 6.85. The maximum Gasteiger partial charge on any atom is 0.243 e. The van der Waals surface area contributed by atoms with Crippen LogP contribution in [0.2, 0.25) is 0 Å². The van der Waals surface area contributed by atoms with Crippen LogP contribution in [-0.2, 0) is 16.6 Å². The molecule has 0 saturated carbocycles. The molecule has 0 radical (unpaired) electrons. The second-order valence-electron chi connectivity index (χ2n) is 5.16. The first-order chi connectivity index (χ1) is 9.74. The Bertz CT molecular complexity index is 591. The average Bonchev–Trinajstić information content (AvgIpc) is 2.41. The van der Waals surface area contributed by atoms with Crippen LogP contribution in [-0.4, -0.2) is 21.5 Å². The maximum absolute atomic E-state index is 14.3. The van der Waals surface area contributed by atoms with E-state index in [0.29, 0.717) is 0 Å². The molecule has 2 unspecified atom stereocenters. The summed E-state index contributed by atoms with van der Waals surface area (Å²) < 4.78 is 54.8. The molecular weight excluding hydrogens is 298 g/mol. The van der Waals surface area contributed by atoms with Gasteiger partial charge in [-0.05, 0) is 32.0 Å². The molecule has 1 aromatic carbocycles. The van der Waals surface area contributed by atoms with Gasteiger partial charge < -0.3 is 5.32 Å². The van der Waals surface area contributed by atoms with Gasteiger partial charge in [-0.25, -0.2) is 21.9 Å². The molecule has 4 nitrogen and oxygen atoms in total. The van der Waals surface area contributed by atoms with Gasteiger partial charge in [-0.3, -0.25) is 0 Å². The van der Waals surface area contributed by atoms with E-state index in [1.165, 1.54) is 7.05 Å². The van der Waals surface area contributed by atoms with Gasteiger partial charge in [-0.15, -0.1) is 0 Å². The lowest BCUT2D eigenvalue weighted by atomic mass is 10.0. The molecule has 0 bridgehead atoms. The summed E-state index contributed by atoms with van der Waals surface area (Å²) in [6.45, 7) is 5.49. The molecule has 7 heteroatoms. The van der Waals surface area contributed by atoms with E-state index >= 15 is 0 Å². The molecule has 0 aromatic heterocycles. The third kappa shape index (κ3) is 4.21. The number of nitrogens with one attached hydrogen (secondary N) is 2.